The minimum atomic E-state index is -3.09. The fourth-order valence-corrected chi connectivity index (χ4v) is 10.4. The van der Waals surface area contributed by atoms with Crippen molar-refractivity contribution < 1.29 is 13.3 Å². The fourth-order valence-electron chi connectivity index (χ4n) is 2.05. The van der Waals surface area contributed by atoms with Crippen molar-refractivity contribution in [1.82, 2.24) is 0 Å². The SMILES string of the molecule is [CH3][Sn]([c]1ccco1)([c]1ccco1)[c]1ccco1. The molecule has 0 fully saturated rings. The molecule has 0 amide bonds. The molecule has 0 saturated heterocycles. The Morgan fingerprint density at radius 1 is 0.706 bits per heavy atom. The van der Waals surface area contributed by atoms with Crippen LogP contribution < -0.4 is 11.3 Å². The van der Waals surface area contributed by atoms with Gasteiger partial charge in [0.25, 0.3) is 0 Å². The van der Waals surface area contributed by atoms with Crippen molar-refractivity contribution in [2.75, 3.05) is 0 Å². The van der Waals surface area contributed by atoms with E-state index in [2.05, 4.69) is 4.94 Å². The van der Waals surface area contributed by atoms with Crippen molar-refractivity contribution in [3.8, 4) is 0 Å². The van der Waals surface area contributed by atoms with Crippen molar-refractivity contribution in [3.05, 3.63) is 55.2 Å². The van der Waals surface area contributed by atoms with Crippen LogP contribution in [-0.4, -0.2) is 18.4 Å². The van der Waals surface area contributed by atoms with Crippen molar-refractivity contribution in [2.24, 2.45) is 0 Å². The second kappa shape index (κ2) is 4.14. The van der Waals surface area contributed by atoms with Gasteiger partial charge in [0.05, 0.1) is 0 Å². The second-order valence-electron chi connectivity index (χ2n) is 4.06. The van der Waals surface area contributed by atoms with Crippen molar-refractivity contribution in [2.45, 2.75) is 4.94 Å². The molecule has 0 radical (unpaired) electrons. The molecule has 3 nitrogen and oxygen atoms in total. The van der Waals surface area contributed by atoms with E-state index in [0.29, 0.717) is 0 Å². The summed E-state index contributed by atoms with van der Waals surface area (Å²) in [5, 5.41) is 0. The average Bonchev–Trinajstić information content (AvgIpc) is 3.10. The maximum absolute atomic E-state index is 5.62. The van der Waals surface area contributed by atoms with Crippen LogP contribution in [0.2, 0.25) is 4.94 Å². The van der Waals surface area contributed by atoms with Gasteiger partial charge in [0, 0.05) is 0 Å². The van der Waals surface area contributed by atoms with E-state index in [-0.39, 0.29) is 0 Å². The molecule has 0 atom stereocenters. The van der Waals surface area contributed by atoms with Crippen LogP contribution in [0.15, 0.2) is 68.4 Å². The Morgan fingerprint density at radius 2 is 1.06 bits per heavy atom. The molecule has 0 aliphatic carbocycles. The van der Waals surface area contributed by atoms with Crippen LogP contribution in [0.25, 0.3) is 0 Å². The monoisotopic (exact) mass is 336 g/mol. The fraction of sp³-hybridized carbons (Fsp3) is 0.0769. The third kappa shape index (κ3) is 1.65. The van der Waals surface area contributed by atoms with Gasteiger partial charge in [0.1, 0.15) is 0 Å². The van der Waals surface area contributed by atoms with Crippen LogP contribution in [0, 0.1) is 0 Å². The number of hydrogen-bond acceptors (Lipinski definition) is 3. The molecular weight excluding hydrogens is 323 g/mol. The van der Waals surface area contributed by atoms with Crippen molar-refractivity contribution in [1.29, 1.82) is 0 Å². The van der Waals surface area contributed by atoms with E-state index >= 15 is 0 Å². The molecule has 3 aromatic heterocycles. The van der Waals surface area contributed by atoms with E-state index in [1.165, 1.54) is 0 Å². The molecule has 17 heavy (non-hydrogen) atoms. The average molecular weight is 335 g/mol. The molecule has 3 aromatic rings. The molecular formula is C13H12O3Sn. The first kappa shape index (κ1) is 10.8. The van der Waals surface area contributed by atoms with Gasteiger partial charge in [-0.05, 0) is 0 Å². The Bertz CT molecular complexity index is 480. The molecule has 86 valence electrons. The Kier molecular flexibility index (Phi) is 2.62. The Labute approximate surface area is 103 Å². The third-order valence-electron chi connectivity index (χ3n) is 3.04. The first-order valence-corrected chi connectivity index (χ1v) is 12.6. The number of furan rings is 3. The van der Waals surface area contributed by atoms with Crippen LogP contribution >= 0.6 is 0 Å². The normalized spacial score (nSPS) is 11.8. The van der Waals surface area contributed by atoms with Gasteiger partial charge in [0.15, 0.2) is 0 Å². The summed E-state index contributed by atoms with van der Waals surface area (Å²) in [4.78, 5) is 2.23. The Morgan fingerprint density at radius 3 is 1.29 bits per heavy atom. The quantitative estimate of drug-likeness (QED) is 0.682. The summed E-state index contributed by atoms with van der Waals surface area (Å²) in [6, 6.07) is 11.8. The first-order chi connectivity index (χ1) is 8.32. The van der Waals surface area contributed by atoms with E-state index < -0.39 is 18.4 Å². The zero-order chi connectivity index (χ0) is 11.7. The van der Waals surface area contributed by atoms with Crippen molar-refractivity contribution >= 4 is 29.7 Å². The molecule has 3 heterocycles. The molecule has 4 heteroatoms. The van der Waals surface area contributed by atoms with Gasteiger partial charge in [-0.3, -0.25) is 0 Å². The minimum absolute atomic E-state index is 1.00. The van der Waals surface area contributed by atoms with Crippen LogP contribution in [0.4, 0.5) is 0 Å². The van der Waals surface area contributed by atoms with Gasteiger partial charge in [-0.15, -0.1) is 0 Å². The summed E-state index contributed by atoms with van der Waals surface area (Å²) in [6.07, 6.45) is 5.11. The number of hydrogen-bond donors (Lipinski definition) is 0. The van der Waals surface area contributed by atoms with Gasteiger partial charge >= 0.3 is 103 Å². The van der Waals surface area contributed by atoms with E-state index in [0.717, 1.165) is 11.3 Å². The van der Waals surface area contributed by atoms with Crippen LogP contribution in [0.1, 0.15) is 0 Å². The number of rotatable bonds is 3. The predicted molar refractivity (Wildman–Crippen MR) is 66.6 cm³/mol. The second-order valence-corrected chi connectivity index (χ2v) is 14.7. The van der Waals surface area contributed by atoms with Crippen LogP contribution in [-0.2, 0) is 0 Å². The van der Waals surface area contributed by atoms with E-state index in [1.807, 2.05) is 36.4 Å². The van der Waals surface area contributed by atoms with Gasteiger partial charge in [-0.25, -0.2) is 0 Å². The van der Waals surface area contributed by atoms with E-state index in [1.54, 1.807) is 18.8 Å². The van der Waals surface area contributed by atoms with Crippen LogP contribution in [0.5, 0.6) is 0 Å². The Hall–Kier alpha value is -1.36. The molecule has 0 saturated carbocycles. The summed E-state index contributed by atoms with van der Waals surface area (Å²) >= 11 is -3.09. The summed E-state index contributed by atoms with van der Waals surface area (Å²) < 4.78 is 19.9. The third-order valence-corrected chi connectivity index (χ3v) is 13.9. The first-order valence-electron chi connectivity index (χ1n) is 5.44. The predicted octanol–water partition coefficient (Wildman–Crippen LogP) is 1.57. The Balaban J connectivity index is 2.21. The molecule has 0 aliphatic rings. The van der Waals surface area contributed by atoms with Crippen LogP contribution in [0.3, 0.4) is 0 Å². The molecule has 0 N–H and O–H groups in total. The zero-order valence-corrected chi connectivity index (χ0v) is 12.3. The van der Waals surface area contributed by atoms with Gasteiger partial charge in [-0.1, -0.05) is 0 Å². The molecule has 0 aromatic carbocycles. The van der Waals surface area contributed by atoms with Gasteiger partial charge in [-0.2, -0.15) is 0 Å². The molecule has 3 rings (SSSR count). The van der Waals surface area contributed by atoms with E-state index in [4.69, 9.17) is 13.3 Å². The summed E-state index contributed by atoms with van der Waals surface area (Å²) in [7, 11) is 0. The van der Waals surface area contributed by atoms with Gasteiger partial charge in [0.2, 0.25) is 0 Å². The van der Waals surface area contributed by atoms with Crippen molar-refractivity contribution in [3.63, 3.8) is 0 Å². The summed E-state index contributed by atoms with van der Waals surface area (Å²) in [5.74, 6) is 0. The zero-order valence-electron chi connectivity index (χ0n) is 9.42. The van der Waals surface area contributed by atoms with E-state index in [9.17, 15) is 0 Å². The molecule has 0 unspecified atom stereocenters. The molecule has 0 aliphatic heterocycles. The summed E-state index contributed by atoms with van der Waals surface area (Å²) in [5.41, 5.74) is 0. The topological polar surface area (TPSA) is 39.4 Å². The molecule has 0 spiro atoms. The maximum atomic E-state index is 5.62. The van der Waals surface area contributed by atoms with Gasteiger partial charge < -0.3 is 0 Å². The summed E-state index contributed by atoms with van der Waals surface area (Å²) in [6.45, 7) is 0. The standard InChI is InChI=1S/3C4H3O.CH3.Sn/c3*1-2-4-5-3-1;;/h3*1-3H;1H3;. The molecule has 0 bridgehead atoms.